The van der Waals surface area contributed by atoms with Crippen molar-refractivity contribution in [1.29, 1.82) is 0 Å². The average molecular weight is 339 g/mol. The van der Waals surface area contributed by atoms with E-state index in [-0.39, 0.29) is 29.3 Å². The number of methoxy groups -OCH3 is 1. The number of hydrogen-bond acceptors (Lipinski definition) is 5. The van der Waals surface area contributed by atoms with Crippen LogP contribution in [0.15, 0.2) is 12.1 Å². The summed E-state index contributed by atoms with van der Waals surface area (Å²) in [5.74, 6) is -0.893. The molecule has 1 aliphatic heterocycles. The molecule has 1 saturated heterocycles. The molecule has 0 atom stereocenters. The molecule has 2 rings (SSSR count). The van der Waals surface area contributed by atoms with Crippen LogP contribution in [-0.2, 0) is 4.79 Å². The van der Waals surface area contributed by atoms with Crippen molar-refractivity contribution in [3.05, 3.63) is 28.1 Å². The van der Waals surface area contributed by atoms with Crippen molar-refractivity contribution in [2.75, 3.05) is 25.1 Å². The summed E-state index contributed by atoms with van der Waals surface area (Å²) in [6, 6.07) is 2.31. The number of halogens is 1. The van der Waals surface area contributed by atoms with Gasteiger partial charge in [-0.3, -0.25) is 14.9 Å². The molecule has 1 fully saturated rings. The van der Waals surface area contributed by atoms with Gasteiger partial charge in [0.2, 0.25) is 5.91 Å². The van der Waals surface area contributed by atoms with Gasteiger partial charge in [0, 0.05) is 31.1 Å². The van der Waals surface area contributed by atoms with Crippen molar-refractivity contribution in [2.45, 2.75) is 32.7 Å². The van der Waals surface area contributed by atoms with Crippen LogP contribution >= 0.6 is 0 Å². The van der Waals surface area contributed by atoms with Crippen LogP contribution in [0.5, 0.6) is 5.75 Å². The first-order valence-electron chi connectivity index (χ1n) is 7.90. The lowest BCUT2D eigenvalue weighted by molar-refractivity contribution is -0.384. The van der Waals surface area contributed by atoms with E-state index in [0.29, 0.717) is 31.6 Å². The molecule has 24 heavy (non-hydrogen) atoms. The summed E-state index contributed by atoms with van der Waals surface area (Å²) in [7, 11) is 1.32. The van der Waals surface area contributed by atoms with Crippen LogP contribution in [0.4, 0.5) is 15.8 Å². The van der Waals surface area contributed by atoms with Gasteiger partial charge in [-0.2, -0.15) is 0 Å². The van der Waals surface area contributed by atoms with Crippen molar-refractivity contribution in [3.8, 4) is 5.75 Å². The number of nitro groups is 1. The molecule has 0 unspecified atom stereocenters. The molecule has 1 amide bonds. The Balaban J connectivity index is 2.16. The van der Waals surface area contributed by atoms with Gasteiger partial charge in [0.1, 0.15) is 5.69 Å². The second-order valence-electron chi connectivity index (χ2n) is 6.16. The van der Waals surface area contributed by atoms with Gasteiger partial charge in [-0.05, 0) is 26.7 Å². The van der Waals surface area contributed by atoms with Crippen LogP contribution in [0.25, 0.3) is 0 Å². The number of rotatable bonds is 5. The van der Waals surface area contributed by atoms with Crippen LogP contribution in [0.1, 0.15) is 26.7 Å². The van der Waals surface area contributed by atoms with Crippen LogP contribution < -0.4 is 15.0 Å². The van der Waals surface area contributed by atoms with E-state index in [1.807, 2.05) is 13.8 Å². The maximum absolute atomic E-state index is 13.7. The molecule has 132 valence electrons. The predicted octanol–water partition coefficient (Wildman–Crippen LogP) is 2.48. The van der Waals surface area contributed by atoms with Crippen molar-refractivity contribution in [1.82, 2.24) is 5.32 Å². The van der Waals surface area contributed by atoms with Gasteiger partial charge < -0.3 is 15.0 Å². The minimum Gasteiger partial charge on any atom is -0.494 e. The summed E-state index contributed by atoms with van der Waals surface area (Å²) in [6.45, 7) is 4.79. The number of carbonyl (C=O) groups is 1. The van der Waals surface area contributed by atoms with E-state index in [4.69, 9.17) is 4.74 Å². The molecule has 0 aliphatic carbocycles. The number of carbonyl (C=O) groups excluding carboxylic acids is 1. The Morgan fingerprint density at radius 1 is 1.42 bits per heavy atom. The Morgan fingerprint density at radius 3 is 2.54 bits per heavy atom. The molecule has 0 aromatic heterocycles. The Bertz CT molecular complexity index is 628. The summed E-state index contributed by atoms with van der Waals surface area (Å²) in [4.78, 5) is 24.5. The topological polar surface area (TPSA) is 84.7 Å². The molecule has 1 aliphatic rings. The Hall–Kier alpha value is -2.38. The quantitative estimate of drug-likeness (QED) is 0.658. The number of nitro benzene ring substituents is 1. The summed E-state index contributed by atoms with van der Waals surface area (Å²) in [5, 5.41) is 14.1. The average Bonchev–Trinajstić information content (AvgIpc) is 2.54. The largest absolute Gasteiger partial charge is 0.494 e. The van der Waals surface area contributed by atoms with Crippen molar-refractivity contribution >= 4 is 17.3 Å². The van der Waals surface area contributed by atoms with Gasteiger partial charge in [0.05, 0.1) is 18.1 Å². The molecule has 7 nitrogen and oxygen atoms in total. The molecule has 0 radical (unpaired) electrons. The fourth-order valence-electron chi connectivity index (χ4n) is 2.87. The van der Waals surface area contributed by atoms with Gasteiger partial charge >= 0.3 is 0 Å². The predicted molar refractivity (Wildman–Crippen MR) is 87.8 cm³/mol. The lowest BCUT2D eigenvalue weighted by Crippen LogP contribution is -2.42. The smallest absolute Gasteiger partial charge is 0.295 e. The zero-order valence-electron chi connectivity index (χ0n) is 14.0. The first kappa shape index (κ1) is 18.0. The molecule has 8 heteroatoms. The molecule has 1 N–H and O–H groups in total. The van der Waals surface area contributed by atoms with Gasteiger partial charge in [0.15, 0.2) is 11.6 Å². The normalized spacial score (nSPS) is 15.5. The maximum atomic E-state index is 13.7. The molecule has 1 heterocycles. The minimum absolute atomic E-state index is 0.0100. The first-order valence-corrected chi connectivity index (χ1v) is 7.90. The third kappa shape index (κ3) is 3.93. The van der Waals surface area contributed by atoms with E-state index in [1.165, 1.54) is 13.2 Å². The van der Waals surface area contributed by atoms with E-state index < -0.39 is 10.7 Å². The number of nitrogens with zero attached hydrogens (tertiary/aromatic N) is 2. The van der Waals surface area contributed by atoms with Gasteiger partial charge in [-0.15, -0.1) is 0 Å². The number of nitrogens with one attached hydrogen (secondary N) is 1. The summed E-state index contributed by atoms with van der Waals surface area (Å²) >= 11 is 0. The van der Waals surface area contributed by atoms with Crippen LogP contribution in [0.2, 0.25) is 0 Å². The fraction of sp³-hybridized carbons (Fsp3) is 0.562. The second kappa shape index (κ2) is 7.46. The first-order chi connectivity index (χ1) is 11.3. The highest BCUT2D eigenvalue weighted by Crippen LogP contribution is 2.36. The van der Waals surface area contributed by atoms with Crippen molar-refractivity contribution < 1.29 is 18.8 Å². The third-order valence-electron chi connectivity index (χ3n) is 4.08. The molecule has 0 bridgehead atoms. The highest BCUT2D eigenvalue weighted by Gasteiger charge is 2.29. The standard InChI is InChI=1S/C16H22FN3O4/c1-10(2)18-16(21)11-4-6-19(7-5-11)13-9-15(24-3)12(17)8-14(13)20(22)23/h8-11H,4-7H2,1-3H3,(H,18,21). The van der Waals surface area contributed by atoms with Gasteiger partial charge in [0.25, 0.3) is 5.69 Å². The van der Waals surface area contributed by atoms with Crippen molar-refractivity contribution in [3.63, 3.8) is 0 Å². The lowest BCUT2D eigenvalue weighted by Gasteiger charge is -2.33. The fourth-order valence-corrected chi connectivity index (χ4v) is 2.87. The third-order valence-corrected chi connectivity index (χ3v) is 4.08. The van der Waals surface area contributed by atoms with E-state index in [9.17, 15) is 19.3 Å². The number of anilines is 1. The molecule has 1 aromatic carbocycles. The van der Waals surface area contributed by atoms with E-state index >= 15 is 0 Å². The summed E-state index contributed by atoms with van der Waals surface area (Å²) < 4.78 is 18.7. The summed E-state index contributed by atoms with van der Waals surface area (Å²) in [6.07, 6.45) is 1.19. The monoisotopic (exact) mass is 339 g/mol. The zero-order chi connectivity index (χ0) is 17.9. The zero-order valence-corrected chi connectivity index (χ0v) is 14.0. The Morgan fingerprint density at radius 2 is 2.04 bits per heavy atom. The lowest BCUT2D eigenvalue weighted by atomic mass is 9.95. The molecule has 1 aromatic rings. The molecular weight excluding hydrogens is 317 g/mol. The summed E-state index contributed by atoms with van der Waals surface area (Å²) in [5.41, 5.74) is 0.0272. The van der Waals surface area contributed by atoms with Gasteiger partial charge in [-0.25, -0.2) is 4.39 Å². The van der Waals surface area contributed by atoms with Crippen molar-refractivity contribution in [2.24, 2.45) is 5.92 Å². The number of piperidine rings is 1. The molecular formula is C16H22FN3O4. The number of hydrogen-bond donors (Lipinski definition) is 1. The van der Waals surface area contributed by atoms with Crippen LogP contribution in [0.3, 0.4) is 0 Å². The minimum atomic E-state index is -0.765. The highest BCUT2D eigenvalue weighted by atomic mass is 19.1. The van der Waals surface area contributed by atoms with Crippen LogP contribution in [0, 0.1) is 21.8 Å². The maximum Gasteiger partial charge on any atom is 0.295 e. The number of benzene rings is 1. The number of ether oxygens (including phenoxy) is 1. The van der Waals surface area contributed by atoms with E-state index in [0.717, 1.165) is 6.07 Å². The Kier molecular flexibility index (Phi) is 5.58. The van der Waals surface area contributed by atoms with Crippen LogP contribution in [-0.4, -0.2) is 37.1 Å². The molecule has 0 spiro atoms. The second-order valence-corrected chi connectivity index (χ2v) is 6.16. The SMILES string of the molecule is COc1cc(N2CCC(C(=O)NC(C)C)CC2)c([N+](=O)[O-])cc1F. The number of amides is 1. The molecule has 0 saturated carbocycles. The van der Waals surface area contributed by atoms with E-state index in [2.05, 4.69) is 5.32 Å². The highest BCUT2D eigenvalue weighted by molar-refractivity contribution is 5.79. The van der Waals surface area contributed by atoms with Gasteiger partial charge in [-0.1, -0.05) is 0 Å². The van der Waals surface area contributed by atoms with E-state index in [1.54, 1.807) is 4.90 Å². The Labute approximate surface area is 139 Å².